The molecule has 0 radical (unpaired) electrons. The molecule has 0 saturated carbocycles. The second-order valence-electron chi connectivity index (χ2n) is 4.33. The van der Waals surface area contributed by atoms with E-state index >= 15 is 0 Å². The van der Waals surface area contributed by atoms with Gasteiger partial charge in [-0.2, -0.15) is 0 Å². The van der Waals surface area contributed by atoms with Crippen LogP contribution >= 0.6 is 0 Å². The molecule has 2 aromatic rings. The fourth-order valence-corrected chi connectivity index (χ4v) is 1.68. The van der Waals surface area contributed by atoms with E-state index in [9.17, 15) is 0 Å². The van der Waals surface area contributed by atoms with Gasteiger partial charge in [-0.25, -0.2) is 0 Å². The molecule has 0 atom stereocenters. The molecule has 0 unspecified atom stereocenters. The van der Waals surface area contributed by atoms with Crippen molar-refractivity contribution in [2.75, 3.05) is 11.9 Å². The highest BCUT2D eigenvalue weighted by Crippen LogP contribution is 2.23. The average Bonchev–Trinajstić information content (AvgIpc) is 2.46. The largest absolute Gasteiger partial charge is 0.457 e. The molecule has 4 nitrogen and oxygen atoms in total. The molecule has 0 spiro atoms. The van der Waals surface area contributed by atoms with Gasteiger partial charge in [0, 0.05) is 18.3 Å². The predicted octanol–water partition coefficient (Wildman–Crippen LogP) is 3.62. The monoisotopic (exact) mass is 269 g/mol. The zero-order valence-electron chi connectivity index (χ0n) is 11.5. The van der Waals surface area contributed by atoms with E-state index in [0.29, 0.717) is 5.96 Å². The van der Waals surface area contributed by atoms with Crippen molar-refractivity contribution in [3.8, 4) is 11.5 Å². The number of nitrogens with zero attached hydrogens (tertiary/aromatic N) is 1. The van der Waals surface area contributed by atoms with Crippen molar-refractivity contribution in [2.24, 2.45) is 10.7 Å². The SMILES string of the molecule is CCCN=C(N)Nc1cccc(Oc2ccccc2)c1. The van der Waals surface area contributed by atoms with Crippen LogP contribution in [-0.4, -0.2) is 12.5 Å². The van der Waals surface area contributed by atoms with Gasteiger partial charge in [0.15, 0.2) is 5.96 Å². The summed E-state index contributed by atoms with van der Waals surface area (Å²) >= 11 is 0. The fraction of sp³-hybridized carbons (Fsp3) is 0.188. The normalized spacial score (nSPS) is 11.2. The third kappa shape index (κ3) is 4.31. The summed E-state index contributed by atoms with van der Waals surface area (Å²) in [6, 6.07) is 17.3. The summed E-state index contributed by atoms with van der Waals surface area (Å²) in [5.41, 5.74) is 6.65. The molecule has 104 valence electrons. The van der Waals surface area contributed by atoms with E-state index in [1.807, 2.05) is 54.6 Å². The minimum atomic E-state index is 0.420. The first-order valence-corrected chi connectivity index (χ1v) is 6.68. The van der Waals surface area contributed by atoms with Crippen LogP contribution in [0.25, 0.3) is 0 Å². The van der Waals surface area contributed by atoms with Crippen molar-refractivity contribution >= 4 is 11.6 Å². The Balaban J connectivity index is 2.04. The van der Waals surface area contributed by atoms with Gasteiger partial charge in [-0.05, 0) is 30.7 Å². The summed E-state index contributed by atoms with van der Waals surface area (Å²) in [7, 11) is 0. The zero-order chi connectivity index (χ0) is 14.2. The highest BCUT2D eigenvalue weighted by atomic mass is 16.5. The Labute approximate surface area is 119 Å². The Morgan fingerprint density at radius 2 is 1.85 bits per heavy atom. The zero-order valence-corrected chi connectivity index (χ0v) is 11.5. The number of guanidine groups is 1. The van der Waals surface area contributed by atoms with Gasteiger partial charge in [0.25, 0.3) is 0 Å². The summed E-state index contributed by atoms with van der Waals surface area (Å²) in [4.78, 5) is 4.19. The summed E-state index contributed by atoms with van der Waals surface area (Å²) < 4.78 is 5.76. The molecule has 3 N–H and O–H groups in total. The summed E-state index contributed by atoms with van der Waals surface area (Å²) in [5, 5.41) is 3.05. The predicted molar refractivity (Wildman–Crippen MR) is 83.4 cm³/mol. The van der Waals surface area contributed by atoms with E-state index in [1.165, 1.54) is 0 Å². The van der Waals surface area contributed by atoms with E-state index in [1.54, 1.807) is 0 Å². The van der Waals surface area contributed by atoms with Gasteiger partial charge in [-0.3, -0.25) is 4.99 Å². The van der Waals surface area contributed by atoms with Crippen molar-refractivity contribution in [3.63, 3.8) is 0 Å². The molecule has 2 aromatic carbocycles. The van der Waals surface area contributed by atoms with Crippen LogP contribution in [0.4, 0.5) is 5.69 Å². The molecule has 0 amide bonds. The van der Waals surface area contributed by atoms with Gasteiger partial charge < -0.3 is 15.8 Å². The molecule has 0 heterocycles. The quantitative estimate of drug-likeness (QED) is 0.644. The maximum absolute atomic E-state index is 5.79. The Hall–Kier alpha value is -2.49. The second-order valence-corrected chi connectivity index (χ2v) is 4.33. The molecular formula is C16H19N3O. The van der Waals surface area contributed by atoms with Gasteiger partial charge in [0.05, 0.1) is 0 Å². The van der Waals surface area contributed by atoms with E-state index < -0.39 is 0 Å². The molecular weight excluding hydrogens is 250 g/mol. The molecule has 0 aliphatic heterocycles. The van der Waals surface area contributed by atoms with Crippen LogP contribution in [0.15, 0.2) is 59.6 Å². The molecule has 0 saturated heterocycles. The Kier molecular flexibility index (Phi) is 5.00. The third-order valence-corrected chi connectivity index (χ3v) is 2.59. The van der Waals surface area contributed by atoms with E-state index in [2.05, 4.69) is 17.2 Å². The number of para-hydroxylation sites is 1. The van der Waals surface area contributed by atoms with Gasteiger partial charge in [0.1, 0.15) is 11.5 Å². The number of rotatable bonds is 5. The first-order chi connectivity index (χ1) is 9.78. The number of anilines is 1. The maximum atomic E-state index is 5.79. The topological polar surface area (TPSA) is 59.6 Å². The van der Waals surface area contributed by atoms with E-state index in [-0.39, 0.29) is 0 Å². The van der Waals surface area contributed by atoms with E-state index in [4.69, 9.17) is 10.5 Å². The van der Waals surface area contributed by atoms with Crippen LogP contribution in [0.2, 0.25) is 0 Å². The molecule has 0 fully saturated rings. The third-order valence-electron chi connectivity index (χ3n) is 2.59. The Morgan fingerprint density at radius 3 is 2.60 bits per heavy atom. The first kappa shape index (κ1) is 13.9. The maximum Gasteiger partial charge on any atom is 0.193 e. The molecule has 20 heavy (non-hydrogen) atoms. The van der Waals surface area contributed by atoms with E-state index in [0.717, 1.165) is 30.2 Å². The average molecular weight is 269 g/mol. The summed E-state index contributed by atoms with van der Waals surface area (Å²) in [6.07, 6.45) is 0.972. The van der Waals surface area contributed by atoms with Gasteiger partial charge in [-0.15, -0.1) is 0 Å². The van der Waals surface area contributed by atoms with Crippen LogP contribution in [-0.2, 0) is 0 Å². The molecule has 4 heteroatoms. The minimum Gasteiger partial charge on any atom is -0.457 e. The van der Waals surface area contributed by atoms with Crippen molar-refractivity contribution in [3.05, 3.63) is 54.6 Å². The first-order valence-electron chi connectivity index (χ1n) is 6.68. The Morgan fingerprint density at radius 1 is 1.10 bits per heavy atom. The number of hydrogen-bond donors (Lipinski definition) is 2. The standard InChI is InChI=1S/C16H19N3O/c1-2-11-18-16(17)19-13-7-6-10-15(12-13)20-14-8-4-3-5-9-14/h3-10,12H,2,11H2,1H3,(H3,17,18,19). The smallest absolute Gasteiger partial charge is 0.193 e. The fourth-order valence-electron chi connectivity index (χ4n) is 1.68. The van der Waals surface area contributed by atoms with Gasteiger partial charge >= 0.3 is 0 Å². The number of nitrogens with one attached hydrogen (secondary N) is 1. The number of benzene rings is 2. The number of ether oxygens (including phenoxy) is 1. The molecule has 0 aromatic heterocycles. The van der Waals surface area contributed by atoms with Crippen molar-refractivity contribution < 1.29 is 4.74 Å². The highest BCUT2D eigenvalue weighted by molar-refractivity contribution is 5.92. The van der Waals surface area contributed by atoms with Crippen molar-refractivity contribution in [2.45, 2.75) is 13.3 Å². The highest BCUT2D eigenvalue weighted by Gasteiger charge is 1.99. The Bertz CT molecular complexity index is 567. The summed E-state index contributed by atoms with van der Waals surface area (Å²) in [5.74, 6) is 1.98. The van der Waals surface area contributed by atoms with Crippen molar-refractivity contribution in [1.82, 2.24) is 0 Å². The molecule has 0 aliphatic rings. The number of hydrogen-bond acceptors (Lipinski definition) is 2. The lowest BCUT2D eigenvalue weighted by Gasteiger charge is -2.09. The molecule has 0 aliphatic carbocycles. The van der Waals surface area contributed by atoms with Crippen LogP contribution in [0.5, 0.6) is 11.5 Å². The lowest BCUT2D eigenvalue weighted by atomic mass is 10.3. The lowest BCUT2D eigenvalue weighted by molar-refractivity contribution is 0.483. The van der Waals surface area contributed by atoms with Crippen LogP contribution in [0.3, 0.4) is 0 Å². The van der Waals surface area contributed by atoms with Crippen LogP contribution < -0.4 is 15.8 Å². The van der Waals surface area contributed by atoms with Gasteiger partial charge in [-0.1, -0.05) is 31.2 Å². The summed E-state index contributed by atoms with van der Waals surface area (Å²) in [6.45, 7) is 2.78. The van der Waals surface area contributed by atoms with Gasteiger partial charge in [0.2, 0.25) is 0 Å². The second kappa shape index (κ2) is 7.19. The molecule has 0 bridgehead atoms. The van der Waals surface area contributed by atoms with Crippen LogP contribution in [0, 0.1) is 0 Å². The molecule has 2 rings (SSSR count). The number of aliphatic imine (C=N–C) groups is 1. The van der Waals surface area contributed by atoms with Crippen LogP contribution in [0.1, 0.15) is 13.3 Å². The lowest BCUT2D eigenvalue weighted by Crippen LogP contribution is -2.22. The van der Waals surface area contributed by atoms with Crippen molar-refractivity contribution in [1.29, 1.82) is 0 Å². The number of nitrogens with two attached hydrogens (primary N) is 1. The minimum absolute atomic E-state index is 0.420.